The van der Waals surface area contributed by atoms with E-state index < -0.39 is 0 Å². The third kappa shape index (κ3) is 1.72. The Labute approximate surface area is 75.1 Å². The van der Waals surface area contributed by atoms with Gasteiger partial charge >= 0.3 is 0 Å². The quantitative estimate of drug-likeness (QED) is 0.437. The molecule has 0 heteroatoms. The normalized spacial score (nSPS) is 27.0. The Balaban J connectivity index is 2.34. The van der Waals surface area contributed by atoms with E-state index in [4.69, 9.17) is 12.8 Å². The lowest BCUT2D eigenvalue weighted by Gasteiger charge is -2.38. The maximum absolute atomic E-state index is 5.26. The van der Waals surface area contributed by atoms with Crippen LogP contribution in [0.2, 0.25) is 0 Å². The first kappa shape index (κ1) is 8.95. The molecule has 0 aromatic carbocycles. The highest BCUT2D eigenvalue weighted by Crippen LogP contribution is 2.43. The Morgan fingerprint density at radius 3 is 2.67 bits per heavy atom. The van der Waals surface area contributed by atoms with Gasteiger partial charge in [-0.05, 0) is 24.7 Å². The molecule has 0 radical (unpaired) electrons. The van der Waals surface area contributed by atoms with Gasteiger partial charge in [0.25, 0.3) is 0 Å². The van der Waals surface area contributed by atoms with Crippen LogP contribution in [0.3, 0.4) is 0 Å². The maximum Gasteiger partial charge on any atom is 0.0154 e. The van der Waals surface area contributed by atoms with Crippen LogP contribution >= 0.6 is 0 Å². The predicted molar refractivity (Wildman–Crippen MR) is 52.3 cm³/mol. The van der Waals surface area contributed by atoms with E-state index in [0.29, 0.717) is 11.8 Å². The average molecular weight is 158 g/mol. The zero-order valence-electron chi connectivity index (χ0n) is 7.34. The molecule has 0 heterocycles. The van der Waals surface area contributed by atoms with Crippen LogP contribution in [0.15, 0.2) is 12.2 Å². The van der Waals surface area contributed by atoms with Gasteiger partial charge in [-0.25, -0.2) is 0 Å². The molecule has 1 aliphatic carbocycles. The van der Waals surface area contributed by atoms with Crippen LogP contribution in [0.25, 0.3) is 0 Å². The van der Waals surface area contributed by atoms with Crippen LogP contribution < -0.4 is 0 Å². The number of rotatable bonds is 3. The molecule has 0 spiro atoms. The average Bonchev–Trinajstić information content (AvgIpc) is 2.08. The van der Waals surface area contributed by atoms with Crippen LogP contribution in [0, 0.1) is 36.5 Å². The zero-order valence-corrected chi connectivity index (χ0v) is 7.34. The molecule has 0 amide bonds. The second-order valence-electron chi connectivity index (χ2n) is 3.38. The number of allylic oxidation sites excluding steroid dienone is 1. The Hall–Kier alpha value is -1.14. The summed E-state index contributed by atoms with van der Waals surface area (Å²) in [6.07, 6.45) is 14.4. The van der Waals surface area contributed by atoms with Gasteiger partial charge in [-0.2, -0.15) is 0 Å². The van der Waals surface area contributed by atoms with Crippen molar-refractivity contribution in [3.63, 3.8) is 0 Å². The molecule has 1 rings (SSSR count). The van der Waals surface area contributed by atoms with Crippen molar-refractivity contribution in [1.82, 2.24) is 0 Å². The number of hydrogen-bond donors (Lipinski definition) is 0. The van der Waals surface area contributed by atoms with E-state index in [9.17, 15) is 0 Å². The molecular formula is C12H14. The van der Waals surface area contributed by atoms with Gasteiger partial charge in [-0.3, -0.25) is 0 Å². The van der Waals surface area contributed by atoms with E-state index in [0.717, 1.165) is 25.7 Å². The molecule has 0 aromatic rings. The maximum atomic E-state index is 5.26. The van der Waals surface area contributed by atoms with Gasteiger partial charge in [-0.15, -0.1) is 24.7 Å². The highest BCUT2D eigenvalue weighted by Gasteiger charge is 2.32. The van der Waals surface area contributed by atoms with Gasteiger partial charge in [0, 0.05) is 12.8 Å². The van der Waals surface area contributed by atoms with E-state index in [-0.39, 0.29) is 0 Å². The predicted octanol–water partition coefficient (Wildman–Crippen LogP) is 2.62. The fourth-order valence-corrected chi connectivity index (χ4v) is 1.81. The van der Waals surface area contributed by atoms with Gasteiger partial charge in [0.05, 0.1) is 0 Å². The van der Waals surface area contributed by atoms with Crippen molar-refractivity contribution < 1.29 is 0 Å². The van der Waals surface area contributed by atoms with Crippen molar-refractivity contribution >= 4 is 0 Å². The molecule has 1 saturated carbocycles. The molecule has 0 saturated heterocycles. The monoisotopic (exact) mass is 158 g/mol. The lowest BCUT2D eigenvalue weighted by molar-refractivity contribution is 0.266. The summed E-state index contributed by atoms with van der Waals surface area (Å²) in [4.78, 5) is 0. The topological polar surface area (TPSA) is 0 Å². The first-order valence-corrected chi connectivity index (χ1v) is 4.34. The van der Waals surface area contributed by atoms with Crippen molar-refractivity contribution in [2.24, 2.45) is 11.8 Å². The lowest BCUT2D eigenvalue weighted by atomic mass is 9.67. The third-order valence-electron chi connectivity index (χ3n) is 2.62. The molecule has 1 fully saturated rings. The Morgan fingerprint density at radius 2 is 2.17 bits per heavy atom. The van der Waals surface area contributed by atoms with Gasteiger partial charge in [0.2, 0.25) is 0 Å². The van der Waals surface area contributed by atoms with Gasteiger partial charge < -0.3 is 0 Å². The molecule has 0 nitrogen and oxygen atoms in total. The Kier molecular flexibility index (Phi) is 3.01. The minimum Gasteiger partial charge on any atom is -0.120 e. The van der Waals surface area contributed by atoms with Crippen LogP contribution in [0.5, 0.6) is 0 Å². The zero-order chi connectivity index (χ0) is 8.97. The molecule has 12 heavy (non-hydrogen) atoms. The molecule has 0 aromatic heterocycles. The SMILES string of the molecule is C#CCCC1CC(=C)C1CC#C. The smallest absolute Gasteiger partial charge is 0.0154 e. The molecular weight excluding hydrogens is 144 g/mol. The first-order chi connectivity index (χ1) is 5.79. The minimum absolute atomic E-state index is 0.559. The summed E-state index contributed by atoms with van der Waals surface area (Å²) in [6.45, 7) is 3.97. The van der Waals surface area contributed by atoms with E-state index >= 15 is 0 Å². The molecule has 2 unspecified atom stereocenters. The fourth-order valence-electron chi connectivity index (χ4n) is 1.81. The molecule has 0 aliphatic heterocycles. The lowest BCUT2D eigenvalue weighted by Crippen LogP contribution is -2.27. The van der Waals surface area contributed by atoms with Crippen molar-refractivity contribution in [3.8, 4) is 24.7 Å². The van der Waals surface area contributed by atoms with E-state index in [1.54, 1.807) is 0 Å². The van der Waals surface area contributed by atoms with Crippen LogP contribution in [0.4, 0.5) is 0 Å². The van der Waals surface area contributed by atoms with Crippen LogP contribution in [-0.4, -0.2) is 0 Å². The van der Waals surface area contributed by atoms with Crippen molar-refractivity contribution in [1.29, 1.82) is 0 Å². The Bertz CT molecular complexity index is 246. The van der Waals surface area contributed by atoms with E-state index in [2.05, 4.69) is 18.4 Å². The van der Waals surface area contributed by atoms with Crippen LogP contribution in [-0.2, 0) is 0 Å². The number of hydrogen-bond acceptors (Lipinski definition) is 0. The second kappa shape index (κ2) is 4.03. The summed E-state index contributed by atoms with van der Waals surface area (Å²) in [6, 6.07) is 0. The van der Waals surface area contributed by atoms with Crippen molar-refractivity contribution in [3.05, 3.63) is 12.2 Å². The van der Waals surface area contributed by atoms with E-state index in [1.807, 2.05) is 0 Å². The molecule has 0 bridgehead atoms. The summed E-state index contributed by atoms with van der Waals surface area (Å²) in [5.41, 5.74) is 1.31. The Morgan fingerprint density at radius 1 is 1.42 bits per heavy atom. The third-order valence-corrected chi connectivity index (χ3v) is 2.62. The first-order valence-electron chi connectivity index (χ1n) is 4.34. The molecule has 2 atom stereocenters. The number of terminal acetylenes is 2. The minimum atomic E-state index is 0.559. The largest absolute Gasteiger partial charge is 0.120 e. The standard InChI is InChI=1S/C12H14/c1-4-6-8-11-9-10(3)12(11)7-5-2/h1-2,11-12H,3,6-9H2. The molecule has 0 N–H and O–H groups in total. The summed E-state index contributed by atoms with van der Waals surface area (Å²) >= 11 is 0. The second-order valence-corrected chi connectivity index (χ2v) is 3.38. The van der Waals surface area contributed by atoms with Crippen molar-refractivity contribution in [2.45, 2.75) is 25.7 Å². The highest BCUT2D eigenvalue weighted by molar-refractivity contribution is 5.17. The highest BCUT2D eigenvalue weighted by atomic mass is 14.4. The van der Waals surface area contributed by atoms with Crippen LogP contribution in [0.1, 0.15) is 25.7 Å². The molecule has 1 aliphatic rings. The summed E-state index contributed by atoms with van der Waals surface area (Å²) in [7, 11) is 0. The summed E-state index contributed by atoms with van der Waals surface area (Å²) in [5, 5.41) is 0. The summed E-state index contributed by atoms with van der Waals surface area (Å²) < 4.78 is 0. The van der Waals surface area contributed by atoms with Gasteiger partial charge in [0.1, 0.15) is 0 Å². The summed E-state index contributed by atoms with van der Waals surface area (Å²) in [5.74, 6) is 6.63. The van der Waals surface area contributed by atoms with Gasteiger partial charge in [0.15, 0.2) is 0 Å². The van der Waals surface area contributed by atoms with Gasteiger partial charge in [-0.1, -0.05) is 12.2 Å². The molecule has 62 valence electrons. The van der Waals surface area contributed by atoms with Crippen molar-refractivity contribution in [2.75, 3.05) is 0 Å². The fraction of sp³-hybridized carbons (Fsp3) is 0.500. The van der Waals surface area contributed by atoms with E-state index in [1.165, 1.54) is 5.57 Å².